The lowest BCUT2D eigenvalue weighted by molar-refractivity contribution is 1.04. The Bertz CT molecular complexity index is 594. The molecule has 0 unspecified atom stereocenters. The Morgan fingerprint density at radius 2 is 2.21 bits per heavy atom. The molecule has 0 amide bonds. The van der Waals surface area contributed by atoms with Gasteiger partial charge in [-0.1, -0.05) is 36.5 Å². The number of hydrogen-bond donors (Lipinski definition) is 1. The van der Waals surface area contributed by atoms with E-state index in [2.05, 4.69) is 28.1 Å². The van der Waals surface area contributed by atoms with Gasteiger partial charge in [0.05, 0.1) is 17.1 Å². The molecule has 5 heteroatoms. The van der Waals surface area contributed by atoms with Crippen LogP contribution in [0.1, 0.15) is 22.6 Å². The molecule has 19 heavy (non-hydrogen) atoms. The van der Waals surface area contributed by atoms with Crippen molar-refractivity contribution in [1.29, 1.82) is 0 Å². The minimum atomic E-state index is 0.715. The fourth-order valence-corrected chi connectivity index (χ4v) is 2.67. The number of rotatable bonds is 5. The van der Waals surface area contributed by atoms with E-state index < -0.39 is 0 Å². The van der Waals surface area contributed by atoms with E-state index in [0.717, 1.165) is 32.8 Å². The molecule has 2 aromatic heterocycles. The zero-order valence-corrected chi connectivity index (χ0v) is 12.2. The summed E-state index contributed by atoms with van der Waals surface area (Å²) in [7, 11) is 0. The maximum atomic E-state index is 6.07. The number of aromatic nitrogens is 3. The second kappa shape index (κ2) is 6.08. The smallest absolute Gasteiger partial charge is 0.166 e. The Balaban J connectivity index is 2.14. The monoisotopic (exact) mass is 291 g/mol. The van der Waals surface area contributed by atoms with Crippen LogP contribution in [0.15, 0.2) is 30.6 Å². The first-order valence-electron chi connectivity index (χ1n) is 5.73. The molecule has 0 radical (unpaired) electrons. The first-order valence-corrected chi connectivity index (χ1v) is 7.09. The standard InChI is InChI=1S/C14H14ClN3S/c1-4-11-12(5-2)18-14(17-11)19-8-13-9(3)10(15)6-7-16-13/h4-7H,1-2,8H2,3H3,(H,17,18). The number of nitrogens with one attached hydrogen (secondary N) is 1. The topological polar surface area (TPSA) is 41.6 Å². The lowest BCUT2D eigenvalue weighted by Gasteiger charge is -2.04. The van der Waals surface area contributed by atoms with Gasteiger partial charge in [0.1, 0.15) is 0 Å². The lowest BCUT2D eigenvalue weighted by atomic mass is 10.2. The van der Waals surface area contributed by atoms with Crippen molar-refractivity contribution < 1.29 is 0 Å². The molecule has 0 aliphatic rings. The maximum Gasteiger partial charge on any atom is 0.166 e. The van der Waals surface area contributed by atoms with E-state index in [9.17, 15) is 0 Å². The molecule has 2 heterocycles. The summed E-state index contributed by atoms with van der Waals surface area (Å²) in [6, 6.07) is 1.80. The van der Waals surface area contributed by atoms with Crippen molar-refractivity contribution in [3.8, 4) is 0 Å². The molecule has 2 rings (SSSR count). The van der Waals surface area contributed by atoms with Crippen molar-refractivity contribution in [2.75, 3.05) is 0 Å². The predicted molar refractivity (Wildman–Crippen MR) is 82.3 cm³/mol. The van der Waals surface area contributed by atoms with Crippen LogP contribution < -0.4 is 0 Å². The van der Waals surface area contributed by atoms with E-state index in [-0.39, 0.29) is 0 Å². The normalized spacial score (nSPS) is 10.4. The zero-order chi connectivity index (χ0) is 13.8. The number of aromatic amines is 1. The summed E-state index contributed by atoms with van der Waals surface area (Å²) in [5.74, 6) is 0.715. The average molecular weight is 292 g/mol. The summed E-state index contributed by atoms with van der Waals surface area (Å²) in [5.41, 5.74) is 3.67. The van der Waals surface area contributed by atoms with Crippen LogP contribution in [0.2, 0.25) is 5.02 Å². The molecule has 0 spiro atoms. The molecular formula is C14H14ClN3S. The van der Waals surface area contributed by atoms with Crippen molar-refractivity contribution in [1.82, 2.24) is 15.0 Å². The minimum Gasteiger partial charge on any atom is -0.333 e. The largest absolute Gasteiger partial charge is 0.333 e. The first kappa shape index (κ1) is 13.9. The Morgan fingerprint density at radius 3 is 2.84 bits per heavy atom. The highest BCUT2D eigenvalue weighted by Crippen LogP contribution is 2.25. The van der Waals surface area contributed by atoms with Crippen LogP contribution in [-0.4, -0.2) is 15.0 Å². The van der Waals surface area contributed by atoms with Crippen molar-refractivity contribution >= 4 is 35.5 Å². The molecule has 0 bridgehead atoms. The molecule has 0 fully saturated rings. The third-order valence-corrected chi connectivity index (χ3v) is 4.02. The van der Waals surface area contributed by atoms with E-state index in [1.807, 2.05) is 6.92 Å². The number of thioether (sulfide) groups is 1. The number of nitrogens with zero attached hydrogens (tertiary/aromatic N) is 2. The van der Waals surface area contributed by atoms with E-state index in [1.165, 1.54) is 0 Å². The van der Waals surface area contributed by atoms with Crippen LogP contribution in [-0.2, 0) is 5.75 Å². The summed E-state index contributed by atoms with van der Waals surface area (Å²) >= 11 is 7.65. The van der Waals surface area contributed by atoms with E-state index in [1.54, 1.807) is 36.2 Å². The molecule has 2 aromatic rings. The van der Waals surface area contributed by atoms with Crippen LogP contribution >= 0.6 is 23.4 Å². The number of hydrogen-bond acceptors (Lipinski definition) is 3. The summed E-state index contributed by atoms with van der Waals surface area (Å²) in [6.07, 6.45) is 5.16. The summed E-state index contributed by atoms with van der Waals surface area (Å²) < 4.78 is 0. The van der Waals surface area contributed by atoms with Crippen LogP contribution in [0, 0.1) is 6.92 Å². The molecule has 0 saturated carbocycles. The van der Waals surface area contributed by atoms with E-state index in [4.69, 9.17) is 11.6 Å². The van der Waals surface area contributed by atoms with Crippen molar-refractivity contribution in [2.45, 2.75) is 17.8 Å². The van der Waals surface area contributed by atoms with Gasteiger partial charge in [-0.05, 0) is 30.7 Å². The van der Waals surface area contributed by atoms with Gasteiger partial charge in [0, 0.05) is 17.0 Å². The van der Waals surface area contributed by atoms with Crippen molar-refractivity contribution in [3.05, 3.63) is 53.1 Å². The van der Waals surface area contributed by atoms with Gasteiger partial charge in [-0.3, -0.25) is 4.98 Å². The van der Waals surface area contributed by atoms with Gasteiger partial charge in [-0.2, -0.15) is 0 Å². The number of imidazole rings is 1. The average Bonchev–Trinajstić information content (AvgIpc) is 2.83. The molecular weight excluding hydrogens is 278 g/mol. The second-order valence-electron chi connectivity index (χ2n) is 3.90. The molecule has 3 nitrogen and oxygen atoms in total. The first-order chi connectivity index (χ1) is 9.15. The fourth-order valence-electron chi connectivity index (χ4n) is 1.59. The van der Waals surface area contributed by atoms with Crippen LogP contribution in [0.3, 0.4) is 0 Å². The van der Waals surface area contributed by atoms with Crippen LogP contribution in [0.5, 0.6) is 0 Å². The number of pyridine rings is 1. The van der Waals surface area contributed by atoms with Crippen molar-refractivity contribution in [2.24, 2.45) is 0 Å². The van der Waals surface area contributed by atoms with Crippen LogP contribution in [0.25, 0.3) is 12.2 Å². The summed E-state index contributed by atoms with van der Waals surface area (Å²) in [6.45, 7) is 9.44. The van der Waals surface area contributed by atoms with Crippen molar-refractivity contribution in [3.63, 3.8) is 0 Å². The number of H-pyrrole nitrogens is 1. The quantitative estimate of drug-likeness (QED) is 0.833. The highest BCUT2D eigenvalue weighted by molar-refractivity contribution is 7.98. The van der Waals surface area contributed by atoms with Gasteiger partial charge in [0.15, 0.2) is 5.16 Å². The Kier molecular flexibility index (Phi) is 4.45. The van der Waals surface area contributed by atoms with Crippen LogP contribution in [0.4, 0.5) is 0 Å². The lowest BCUT2D eigenvalue weighted by Crippen LogP contribution is -1.92. The summed E-state index contributed by atoms with van der Waals surface area (Å²) in [4.78, 5) is 11.9. The SMILES string of the molecule is C=Cc1nc(SCc2nccc(Cl)c2C)[nH]c1C=C. The summed E-state index contributed by atoms with van der Waals surface area (Å²) in [5, 5.41) is 1.56. The predicted octanol–water partition coefficient (Wildman–Crippen LogP) is 4.34. The highest BCUT2D eigenvalue weighted by Gasteiger charge is 2.08. The maximum absolute atomic E-state index is 6.07. The third kappa shape index (κ3) is 3.08. The highest BCUT2D eigenvalue weighted by atomic mass is 35.5. The Hall–Kier alpha value is -1.52. The molecule has 98 valence electrons. The van der Waals surface area contributed by atoms with Gasteiger partial charge in [-0.15, -0.1) is 0 Å². The second-order valence-corrected chi connectivity index (χ2v) is 5.27. The van der Waals surface area contributed by atoms with Gasteiger partial charge < -0.3 is 4.98 Å². The fraction of sp³-hybridized carbons (Fsp3) is 0.143. The van der Waals surface area contributed by atoms with E-state index >= 15 is 0 Å². The zero-order valence-electron chi connectivity index (χ0n) is 10.6. The molecule has 0 aliphatic heterocycles. The Labute approximate surface area is 121 Å². The van der Waals surface area contributed by atoms with Gasteiger partial charge in [0.25, 0.3) is 0 Å². The van der Waals surface area contributed by atoms with Gasteiger partial charge in [-0.25, -0.2) is 4.98 Å². The third-order valence-electron chi connectivity index (χ3n) is 2.72. The van der Waals surface area contributed by atoms with Gasteiger partial charge >= 0.3 is 0 Å². The van der Waals surface area contributed by atoms with Gasteiger partial charge in [0.2, 0.25) is 0 Å². The molecule has 0 aliphatic carbocycles. The molecule has 1 N–H and O–H groups in total. The molecule has 0 atom stereocenters. The molecule has 0 aromatic carbocycles. The Morgan fingerprint density at radius 1 is 1.42 bits per heavy atom. The number of halogens is 1. The molecule has 0 saturated heterocycles. The minimum absolute atomic E-state index is 0.715. The van der Waals surface area contributed by atoms with E-state index in [0.29, 0.717) is 5.75 Å².